The number of carbonyl (C=O) groups excluding carboxylic acids is 1. The van der Waals surface area contributed by atoms with Crippen LogP contribution in [0.3, 0.4) is 0 Å². The zero-order valence-corrected chi connectivity index (χ0v) is 11.4. The van der Waals surface area contributed by atoms with Gasteiger partial charge in [0.1, 0.15) is 5.82 Å². The molecule has 2 saturated heterocycles. The fraction of sp³-hybridized carbons (Fsp3) is 0.533. The van der Waals surface area contributed by atoms with Gasteiger partial charge in [-0.05, 0) is 50.4 Å². The van der Waals surface area contributed by atoms with Crippen LogP contribution in [0.4, 0.5) is 10.1 Å². The lowest BCUT2D eigenvalue weighted by molar-refractivity contribution is 0.0896. The number of nitrogens with one attached hydrogen (secondary N) is 1. The molecule has 5 heteroatoms. The zero-order chi connectivity index (χ0) is 14.1. The quantitative estimate of drug-likeness (QED) is 0.810. The number of anilines is 1. The van der Waals surface area contributed by atoms with Crippen LogP contribution in [0.2, 0.25) is 0 Å². The molecule has 1 aromatic rings. The van der Waals surface area contributed by atoms with Gasteiger partial charge in [0.2, 0.25) is 0 Å². The average molecular weight is 277 g/mol. The largest absolute Gasteiger partial charge is 0.398 e. The third-order valence-electron chi connectivity index (χ3n) is 4.42. The van der Waals surface area contributed by atoms with E-state index in [-0.39, 0.29) is 17.5 Å². The Morgan fingerprint density at radius 3 is 3.05 bits per heavy atom. The van der Waals surface area contributed by atoms with Gasteiger partial charge in [-0.2, -0.15) is 0 Å². The molecule has 2 aliphatic heterocycles. The lowest BCUT2D eigenvalue weighted by atomic mass is 9.97. The highest BCUT2D eigenvalue weighted by Gasteiger charge is 2.32. The van der Waals surface area contributed by atoms with Gasteiger partial charge in [-0.1, -0.05) is 0 Å². The topological polar surface area (TPSA) is 58.4 Å². The Hall–Kier alpha value is -1.62. The number of fused-ring (bicyclic) bond motifs is 1. The molecule has 3 N–H and O–H groups in total. The van der Waals surface area contributed by atoms with E-state index in [1.54, 1.807) is 0 Å². The molecular formula is C15H20FN3O. The number of nitrogens with zero attached hydrogens (tertiary/aromatic N) is 1. The molecule has 3 rings (SSSR count). The van der Waals surface area contributed by atoms with Gasteiger partial charge in [-0.25, -0.2) is 4.39 Å². The van der Waals surface area contributed by atoms with E-state index in [9.17, 15) is 9.18 Å². The maximum atomic E-state index is 13.2. The van der Waals surface area contributed by atoms with Crippen LogP contribution in [-0.4, -0.2) is 36.0 Å². The molecule has 0 aromatic heterocycles. The van der Waals surface area contributed by atoms with E-state index in [1.165, 1.54) is 37.6 Å². The number of hydrogen-bond acceptors (Lipinski definition) is 3. The molecule has 1 aromatic carbocycles. The van der Waals surface area contributed by atoms with Crippen molar-refractivity contribution in [3.05, 3.63) is 29.6 Å². The number of rotatable bonds is 2. The number of hydrogen-bond donors (Lipinski definition) is 2. The van der Waals surface area contributed by atoms with Crippen LogP contribution in [0.5, 0.6) is 0 Å². The first-order chi connectivity index (χ1) is 9.63. The molecule has 2 atom stereocenters. The molecule has 0 radical (unpaired) electrons. The molecule has 0 spiro atoms. The molecule has 0 saturated carbocycles. The number of carbonyl (C=O) groups is 1. The van der Waals surface area contributed by atoms with Crippen molar-refractivity contribution >= 4 is 11.6 Å². The highest BCUT2D eigenvalue weighted by molar-refractivity contribution is 5.99. The highest BCUT2D eigenvalue weighted by Crippen LogP contribution is 2.27. The Morgan fingerprint density at radius 2 is 2.20 bits per heavy atom. The second-order valence-electron chi connectivity index (χ2n) is 5.76. The monoisotopic (exact) mass is 277 g/mol. The molecule has 2 fully saturated rings. The van der Waals surface area contributed by atoms with Gasteiger partial charge in [-0.15, -0.1) is 0 Å². The number of nitrogens with two attached hydrogens (primary N) is 1. The third-order valence-corrected chi connectivity index (χ3v) is 4.42. The first kappa shape index (κ1) is 13.4. The van der Waals surface area contributed by atoms with Crippen molar-refractivity contribution in [3.63, 3.8) is 0 Å². The van der Waals surface area contributed by atoms with Crippen LogP contribution in [0.15, 0.2) is 18.2 Å². The van der Waals surface area contributed by atoms with Crippen LogP contribution >= 0.6 is 0 Å². The molecule has 108 valence electrons. The number of benzene rings is 1. The Kier molecular flexibility index (Phi) is 3.61. The van der Waals surface area contributed by atoms with Crippen LogP contribution < -0.4 is 11.1 Å². The van der Waals surface area contributed by atoms with Crippen molar-refractivity contribution in [3.8, 4) is 0 Å². The molecule has 20 heavy (non-hydrogen) atoms. The van der Waals surface area contributed by atoms with E-state index in [2.05, 4.69) is 10.2 Å². The first-order valence-corrected chi connectivity index (χ1v) is 7.23. The molecule has 2 unspecified atom stereocenters. The zero-order valence-electron chi connectivity index (χ0n) is 11.4. The Bertz CT molecular complexity index is 520. The summed E-state index contributed by atoms with van der Waals surface area (Å²) >= 11 is 0. The minimum atomic E-state index is -0.435. The van der Waals surface area contributed by atoms with Crippen LogP contribution in [0, 0.1) is 5.82 Å². The van der Waals surface area contributed by atoms with Crippen molar-refractivity contribution in [2.45, 2.75) is 37.8 Å². The number of halogens is 1. The lowest BCUT2D eigenvalue weighted by Crippen LogP contribution is -2.47. The van der Waals surface area contributed by atoms with Gasteiger partial charge in [0.25, 0.3) is 5.91 Å². The summed E-state index contributed by atoms with van der Waals surface area (Å²) in [6.45, 7) is 2.22. The van der Waals surface area contributed by atoms with Crippen molar-refractivity contribution in [1.29, 1.82) is 0 Å². The molecule has 1 amide bonds. The van der Waals surface area contributed by atoms with Crippen LogP contribution in [0.25, 0.3) is 0 Å². The van der Waals surface area contributed by atoms with Gasteiger partial charge >= 0.3 is 0 Å². The molecular weight excluding hydrogens is 257 g/mol. The summed E-state index contributed by atoms with van der Waals surface area (Å²) < 4.78 is 13.2. The van der Waals surface area contributed by atoms with E-state index in [0.717, 1.165) is 19.4 Å². The van der Waals surface area contributed by atoms with Gasteiger partial charge < -0.3 is 16.0 Å². The van der Waals surface area contributed by atoms with E-state index < -0.39 is 5.82 Å². The fourth-order valence-corrected chi connectivity index (χ4v) is 3.34. The standard InChI is InChI=1S/C15H20FN3O/c16-10-3-4-14(17)13(8-10)15(20)18-11-5-7-19-6-1-2-12(19)9-11/h3-4,8,11-12H,1-2,5-7,9,17H2,(H,18,20). The van der Waals surface area contributed by atoms with Gasteiger partial charge in [0, 0.05) is 24.3 Å². The smallest absolute Gasteiger partial charge is 0.253 e. The first-order valence-electron chi connectivity index (χ1n) is 7.23. The maximum Gasteiger partial charge on any atom is 0.253 e. The van der Waals surface area contributed by atoms with E-state index in [4.69, 9.17) is 5.73 Å². The summed E-state index contributed by atoms with van der Waals surface area (Å²) in [6.07, 6.45) is 4.41. The average Bonchev–Trinajstić information content (AvgIpc) is 2.89. The molecule has 0 bridgehead atoms. The minimum absolute atomic E-state index is 0.171. The SMILES string of the molecule is Nc1ccc(F)cc1C(=O)NC1CCN2CCCC2C1. The summed E-state index contributed by atoms with van der Waals surface area (Å²) in [5.74, 6) is -0.701. The molecule has 4 nitrogen and oxygen atoms in total. The van der Waals surface area contributed by atoms with Crippen LogP contribution in [0.1, 0.15) is 36.0 Å². The van der Waals surface area contributed by atoms with E-state index >= 15 is 0 Å². The van der Waals surface area contributed by atoms with E-state index in [0.29, 0.717) is 11.7 Å². The summed E-state index contributed by atoms with van der Waals surface area (Å²) in [4.78, 5) is 14.7. The van der Waals surface area contributed by atoms with Crippen molar-refractivity contribution in [2.24, 2.45) is 0 Å². The maximum absolute atomic E-state index is 13.2. The highest BCUT2D eigenvalue weighted by atomic mass is 19.1. The normalized spacial score (nSPS) is 26.2. The Morgan fingerprint density at radius 1 is 1.35 bits per heavy atom. The second kappa shape index (κ2) is 5.40. The second-order valence-corrected chi connectivity index (χ2v) is 5.76. The predicted molar refractivity (Wildman–Crippen MR) is 75.9 cm³/mol. The van der Waals surface area contributed by atoms with Gasteiger partial charge in [0.15, 0.2) is 0 Å². The van der Waals surface area contributed by atoms with Crippen molar-refractivity contribution in [1.82, 2.24) is 10.2 Å². The van der Waals surface area contributed by atoms with E-state index in [1.807, 2.05) is 0 Å². The van der Waals surface area contributed by atoms with Crippen molar-refractivity contribution in [2.75, 3.05) is 18.8 Å². The fourth-order valence-electron chi connectivity index (χ4n) is 3.34. The van der Waals surface area contributed by atoms with Gasteiger partial charge in [-0.3, -0.25) is 4.79 Å². The third kappa shape index (κ3) is 2.63. The minimum Gasteiger partial charge on any atom is -0.398 e. The summed E-state index contributed by atoms with van der Waals surface area (Å²) in [5, 5.41) is 3.00. The molecule has 0 aliphatic carbocycles. The summed E-state index contributed by atoms with van der Waals surface area (Å²) in [7, 11) is 0. The van der Waals surface area contributed by atoms with Gasteiger partial charge in [0.05, 0.1) is 5.56 Å². The summed E-state index contributed by atoms with van der Waals surface area (Å²) in [5.41, 5.74) is 6.30. The molecule has 2 heterocycles. The van der Waals surface area contributed by atoms with Crippen molar-refractivity contribution < 1.29 is 9.18 Å². The number of piperidine rings is 1. The van der Waals surface area contributed by atoms with Crippen LogP contribution in [-0.2, 0) is 0 Å². The predicted octanol–water partition coefficient (Wildman–Crippen LogP) is 1.76. The Balaban J connectivity index is 1.65. The number of nitrogen functional groups attached to an aromatic ring is 1. The molecule has 2 aliphatic rings. The number of amides is 1. The summed E-state index contributed by atoms with van der Waals surface area (Å²) in [6, 6.07) is 4.67. The Labute approximate surface area is 118 Å². The lowest BCUT2D eigenvalue weighted by Gasteiger charge is -2.35.